The number of likely N-dealkylation sites (N-methyl/N-ethyl adjacent to an activating group) is 1. The van der Waals surface area contributed by atoms with Gasteiger partial charge in [0, 0.05) is 13.5 Å². The van der Waals surface area contributed by atoms with Crippen molar-refractivity contribution in [1.29, 1.82) is 0 Å². The number of rotatable bonds is 5. The summed E-state index contributed by atoms with van der Waals surface area (Å²) >= 11 is 5.89. The lowest BCUT2D eigenvalue weighted by Gasteiger charge is -2.15. The highest BCUT2D eigenvalue weighted by atomic mass is 35.5. The van der Waals surface area contributed by atoms with Crippen LogP contribution in [0.3, 0.4) is 0 Å². The fourth-order valence-corrected chi connectivity index (χ4v) is 2.75. The van der Waals surface area contributed by atoms with Crippen molar-refractivity contribution in [3.63, 3.8) is 0 Å². The molecule has 1 atom stereocenters. The highest BCUT2D eigenvalue weighted by Gasteiger charge is 2.18. The monoisotopic (exact) mass is 303 g/mol. The Morgan fingerprint density at radius 3 is 2.76 bits per heavy atom. The van der Waals surface area contributed by atoms with E-state index >= 15 is 0 Å². The number of hydrogen-bond acceptors (Lipinski definition) is 3. The Kier molecular flexibility index (Phi) is 3.99. The van der Waals surface area contributed by atoms with Crippen LogP contribution in [0.1, 0.15) is 24.6 Å². The maximum absolute atomic E-state index is 5.89. The van der Waals surface area contributed by atoms with E-state index in [-0.39, 0.29) is 6.04 Å². The summed E-state index contributed by atoms with van der Waals surface area (Å²) in [5.74, 6) is 1.86. The first-order valence-electron chi connectivity index (χ1n) is 7.08. The standard InChI is InChI=1S/C16H18ClN3O/c1-3-18-12(14-8-9-15(17)21-14)10-16-19-11-6-4-5-7-13(11)20(16)2/h4-9,12,18H,3,10H2,1-2H3. The number of fused-ring (bicyclic) bond motifs is 1. The van der Waals surface area contributed by atoms with Gasteiger partial charge in [-0.2, -0.15) is 0 Å². The van der Waals surface area contributed by atoms with E-state index in [9.17, 15) is 0 Å². The second-order valence-electron chi connectivity index (χ2n) is 5.03. The molecule has 0 aliphatic carbocycles. The predicted octanol–water partition coefficient (Wildman–Crippen LogP) is 3.71. The molecule has 2 aromatic heterocycles. The van der Waals surface area contributed by atoms with Crippen LogP contribution in [0.4, 0.5) is 0 Å². The largest absolute Gasteiger partial charge is 0.448 e. The molecule has 1 unspecified atom stereocenters. The Morgan fingerprint density at radius 1 is 1.29 bits per heavy atom. The summed E-state index contributed by atoms with van der Waals surface area (Å²) in [7, 11) is 2.04. The van der Waals surface area contributed by atoms with Gasteiger partial charge in [-0.15, -0.1) is 0 Å². The van der Waals surface area contributed by atoms with E-state index in [1.807, 2.05) is 31.3 Å². The Bertz CT molecular complexity index is 747. The van der Waals surface area contributed by atoms with Gasteiger partial charge in [-0.05, 0) is 42.4 Å². The summed E-state index contributed by atoms with van der Waals surface area (Å²) in [6.45, 7) is 2.93. The van der Waals surface area contributed by atoms with Crippen molar-refractivity contribution in [3.05, 3.63) is 53.2 Å². The number of imidazole rings is 1. The molecule has 21 heavy (non-hydrogen) atoms. The van der Waals surface area contributed by atoms with Gasteiger partial charge in [-0.1, -0.05) is 19.1 Å². The topological polar surface area (TPSA) is 43.0 Å². The summed E-state index contributed by atoms with van der Waals surface area (Å²) in [6.07, 6.45) is 0.753. The maximum atomic E-state index is 5.89. The average molecular weight is 304 g/mol. The number of aryl methyl sites for hydroxylation is 1. The molecule has 0 bridgehead atoms. The lowest BCUT2D eigenvalue weighted by molar-refractivity contribution is 0.411. The van der Waals surface area contributed by atoms with Gasteiger partial charge in [0.05, 0.1) is 17.1 Å². The molecule has 0 amide bonds. The quantitative estimate of drug-likeness (QED) is 0.781. The van der Waals surface area contributed by atoms with Gasteiger partial charge < -0.3 is 14.3 Å². The van der Waals surface area contributed by atoms with Crippen LogP contribution in [0, 0.1) is 0 Å². The van der Waals surface area contributed by atoms with Gasteiger partial charge in [0.25, 0.3) is 0 Å². The highest BCUT2D eigenvalue weighted by Crippen LogP contribution is 2.24. The molecular weight excluding hydrogens is 286 g/mol. The van der Waals surface area contributed by atoms with Crippen molar-refractivity contribution in [2.45, 2.75) is 19.4 Å². The zero-order valence-electron chi connectivity index (χ0n) is 12.1. The summed E-state index contributed by atoms with van der Waals surface area (Å²) < 4.78 is 7.68. The number of nitrogens with one attached hydrogen (secondary N) is 1. The van der Waals surface area contributed by atoms with Gasteiger partial charge in [0.2, 0.25) is 0 Å². The minimum absolute atomic E-state index is 0.0676. The number of hydrogen-bond donors (Lipinski definition) is 1. The number of aromatic nitrogens is 2. The first-order chi connectivity index (χ1) is 10.2. The third-order valence-electron chi connectivity index (χ3n) is 3.65. The molecule has 4 nitrogen and oxygen atoms in total. The zero-order valence-corrected chi connectivity index (χ0v) is 12.9. The van der Waals surface area contributed by atoms with Crippen molar-refractivity contribution in [2.75, 3.05) is 6.54 Å². The smallest absolute Gasteiger partial charge is 0.193 e. The molecule has 0 saturated carbocycles. The van der Waals surface area contributed by atoms with Crippen LogP contribution in [0.25, 0.3) is 11.0 Å². The Morgan fingerprint density at radius 2 is 2.10 bits per heavy atom. The summed E-state index contributed by atoms with van der Waals surface area (Å²) in [5, 5.41) is 3.84. The molecule has 2 heterocycles. The number of para-hydroxylation sites is 2. The van der Waals surface area contributed by atoms with E-state index < -0.39 is 0 Å². The van der Waals surface area contributed by atoms with Gasteiger partial charge in [-0.3, -0.25) is 0 Å². The fraction of sp³-hybridized carbons (Fsp3) is 0.312. The predicted molar refractivity (Wildman–Crippen MR) is 84.6 cm³/mol. The van der Waals surface area contributed by atoms with Gasteiger partial charge in [0.1, 0.15) is 11.6 Å². The molecule has 0 aliphatic heterocycles. The Hall–Kier alpha value is -1.78. The van der Waals surface area contributed by atoms with Crippen LogP contribution in [0.5, 0.6) is 0 Å². The summed E-state index contributed by atoms with van der Waals surface area (Å²) in [5.41, 5.74) is 2.16. The molecule has 0 radical (unpaired) electrons. The SMILES string of the molecule is CCNC(Cc1nc2ccccc2n1C)c1ccc(Cl)o1. The second kappa shape index (κ2) is 5.92. The summed E-state index contributed by atoms with van der Waals surface area (Å²) in [6, 6.07) is 11.9. The molecule has 0 saturated heterocycles. The third kappa shape index (κ3) is 2.82. The average Bonchev–Trinajstić information content (AvgIpc) is 3.04. The van der Waals surface area contributed by atoms with E-state index in [1.54, 1.807) is 6.07 Å². The normalized spacial score (nSPS) is 12.9. The molecule has 1 N–H and O–H groups in total. The molecule has 3 aromatic rings. The molecule has 1 aromatic carbocycles. The van der Waals surface area contributed by atoms with Crippen molar-refractivity contribution in [2.24, 2.45) is 7.05 Å². The molecule has 3 rings (SSSR count). The Labute approximate surface area is 128 Å². The van der Waals surface area contributed by atoms with Gasteiger partial charge in [0.15, 0.2) is 5.22 Å². The van der Waals surface area contributed by atoms with E-state index in [4.69, 9.17) is 21.0 Å². The van der Waals surface area contributed by atoms with Crippen LogP contribution in [-0.2, 0) is 13.5 Å². The van der Waals surface area contributed by atoms with Crippen molar-refractivity contribution >= 4 is 22.6 Å². The second-order valence-corrected chi connectivity index (χ2v) is 5.40. The van der Waals surface area contributed by atoms with E-state index in [0.717, 1.165) is 35.6 Å². The first kappa shape index (κ1) is 14.2. The van der Waals surface area contributed by atoms with Crippen molar-refractivity contribution in [3.8, 4) is 0 Å². The first-order valence-corrected chi connectivity index (χ1v) is 7.45. The van der Waals surface area contributed by atoms with Crippen molar-refractivity contribution < 1.29 is 4.42 Å². The van der Waals surface area contributed by atoms with Crippen LogP contribution < -0.4 is 5.32 Å². The van der Waals surface area contributed by atoms with E-state index in [0.29, 0.717) is 5.22 Å². The fourth-order valence-electron chi connectivity index (χ4n) is 2.60. The molecule has 110 valence electrons. The third-order valence-corrected chi connectivity index (χ3v) is 3.86. The van der Waals surface area contributed by atoms with Gasteiger partial charge in [-0.25, -0.2) is 4.98 Å². The molecular formula is C16H18ClN3O. The van der Waals surface area contributed by atoms with Crippen LogP contribution in [0.15, 0.2) is 40.8 Å². The minimum Gasteiger partial charge on any atom is -0.448 e. The van der Waals surface area contributed by atoms with E-state index in [2.05, 4.69) is 22.9 Å². The maximum Gasteiger partial charge on any atom is 0.193 e. The van der Waals surface area contributed by atoms with E-state index in [1.165, 1.54) is 0 Å². The number of nitrogens with zero attached hydrogens (tertiary/aromatic N) is 2. The number of halogens is 1. The number of furan rings is 1. The van der Waals surface area contributed by atoms with Crippen LogP contribution >= 0.6 is 11.6 Å². The number of benzene rings is 1. The highest BCUT2D eigenvalue weighted by molar-refractivity contribution is 6.28. The molecule has 0 aliphatic rings. The van der Waals surface area contributed by atoms with Crippen LogP contribution in [0.2, 0.25) is 5.22 Å². The summed E-state index contributed by atoms with van der Waals surface area (Å²) in [4.78, 5) is 4.71. The van der Waals surface area contributed by atoms with Gasteiger partial charge >= 0.3 is 0 Å². The lowest BCUT2D eigenvalue weighted by Crippen LogP contribution is -2.23. The molecule has 5 heteroatoms. The van der Waals surface area contributed by atoms with Crippen LogP contribution in [-0.4, -0.2) is 16.1 Å². The minimum atomic E-state index is 0.0676. The van der Waals surface area contributed by atoms with Crippen molar-refractivity contribution in [1.82, 2.24) is 14.9 Å². The zero-order chi connectivity index (χ0) is 14.8. The molecule has 0 spiro atoms. The Balaban J connectivity index is 1.92. The lowest BCUT2D eigenvalue weighted by atomic mass is 10.1. The molecule has 0 fully saturated rings.